The molecule has 0 radical (unpaired) electrons. The van der Waals surface area contributed by atoms with Gasteiger partial charge in [-0.3, -0.25) is 4.90 Å². The number of hydrogen-bond donors (Lipinski definition) is 1. The van der Waals surface area contributed by atoms with Gasteiger partial charge in [0.1, 0.15) is 23.0 Å². The van der Waals surface area contributed by atoms with Crippen molar-refractivity contribution in [1.29, 1.82) is 5.26 Å². The molecule has 2 fully saturated rings. The first kappa shape index (κ1) is 19.5. The Hall–Kier alpha value is -2.30. The summed E-state index contributed by atoms with van der Waals surface area (Å²) < 4.78 is 16.5. The zero-order valence-electron chi connectivity index (χ0n) is 16.2. The fourth-order valence-electron chi connectivity index (χ4n) is 4.01. The number of carbonyl (C=O) groups excluding carboxylic acids is 1. The van der Waals surface area contributed by atoms with Crippen LogP contribution in [-0.4, -0.2) is 54.1 Å². The lowest BCUT2D eigenvalue weighted by molar-refractivity contribution is -0.141. The molecule has 2 atom stereocenters. The van der Waals surface area contributed by atoms with Gasteiger partial charge in [0.05, 0.1) is 38.0 Å². The number of amides is 1. The van der Waals surface area contributed by atoms with E-state index in [1.54, 1.807) is 23.1 Å². The number of aliphatic hydroxyl groups is 1. The van der Waals surface area contributed by atoms with E-state index in [2.05, 4.69) is 6.07 Å². The summed E-state index contributed by atoms with van der Waals surface area (Å²) in [5, 5.41) is 21.1. The highest BCUT2D eigenvalue weighted by molar-refractivity contribution is 5.69. The highest BCUT2D eigenvalue weighted by Crippen LogP contribution is 2.43. The van der Waals surface area contributed by atoms with E-state index in [0.717, 1.165) is 0 Å². The van der Waals surface area contributed by atoms with Gasteiger partial charge in [0.15, 0.2) is 0 Å². The maximum Gasteiger partial charge on any atom is 0.410 e. The quantitative estimate of drug-likeness (QED) is 0.855. The number of fused-ring (bicyclic) bond motifs is 2. The summed E-state index contributed by atoms with van der Waals surface area (Å²) in [6.45, 7) is 6.13. The fraction of sp³-hybridized carbons (Fsp3) is 0.600. The van der Waals surface area contributed by atoms with Crippen molar-refractivity contribution in [2.45, 2.75) is 56.9 Å². The second-order valence-corrected chi connectivity index (χ2v) is 8.17. The van der Waals surface area contributed by atoms with Gasteiger partial charge in [-0.15, -0.1) is 0 Å². The van der Waals surface area contributed by atoms with Gasteiger partial charge in [0.25, 0.3) is 0 Å². The van der Waals surface area contributed by atoms with Crippen LogP contribution in [0.1, 0.15) is 44.7 Å². The van der Waals surface area contributed by atoms with Crippen molar-refractivity contribution in [1.82, 2.24) is 4.90 Å². The third-order valence-electron chi connectivity index (χ3n) is 5.02. The van der Waals surface area contributed by atoms with Crippen LogP contribution in [0.15, 0.2) is 18.2 Å². The summed E-state index contributed by atoms with van der Waals surface area (Å²) in [5.74, 6) is 0.430. The van der Waals surface area contributed by atoms with E-state index in [1.165, 1.54) is 7.11 Å². The average molecular weight is 374 g/mol. The number of nitriles is 1. The van der Waals surface area contributed by atoms with Gasteiger partial charge in [0.2, 0.25) is 0 Å². The molecule has 2 saturated heterocycles. The molecule has 7 heteroatoms. The number of carbonyl (C=O) groups is 1. The van der Waals surface area contributed by atoms with Gasteiger partial charge >= 0.3 is 6.09 Å². The number of piperidine rings is 1. The Morgan fingerprint density at radius 2 is 1.96 bits per heavy atom. The number of morpholine rings is 1. The molecule has 27 heavy (non-hydrogen) atoms. The largest absolute Gasteiger partial charge is 0.495 e. The summed E-state index contributed by atoms with van der Waals surface area (Å²) in [7, 11) is 1.50. The van der Waals surface area contributed by atoms with E-state index in [1.807, 2.05) is 20.8 Å². The number of ether oxygens (including phenoxy) is 3. The molecule has 2 unspecified atom stereocenters. The van der Waals surface area contributed by atoms with Gasteiger partial charge in [-0.25, -0.2) is 4.79 Å². The lowest BCUT2D eigenvalue weighted by Crippen LogP contribution is -2.63. The molecule has 146 valence electrons. The maximum absolute atomic E-state index is 12.7. The summed E-state index contributed by atoms with van der Waals surface area (Å²) in [4.78, 5) is 14.4. The Bertz CT molecular complexity index is 751. The molecule has 2 heterocycles. The van der Waals surface area contributed by atoms with Crippen molar-refractivity contribution in [3.05, 3.63) is 29.3 Å². The molecule has 0 spiro atoms. The van der Waals surface area contributed by atoms with E-state index in [-0.39, 0.29) is 24.9 Å². The number of benzene rings is 1. The van der Waals surface area contributed by atoms with Crippen LogP contribution >= 0.6 is 0 Å². The molecule has 0 aromatic heterocycles. The summed E-state index contributed by atoms with van der Waals surface area (Å²) >= 11 is 0. The SMILES string of the molecule is COc1cccc(C2(O)CC3COCC(C2)N3C(=O)OC(C)(C)C)c1C#N. The predicted molar refractivity (Wildman–Crippen MR) is 97.3 cm³/mol. The van der Waals surface area contributed by atoms with Gasteiger partial charge < -0.3 is 19.3 Å². The minimum Gasteiger partial charge on any atom is -0.495 e. The maximum atomic E-state index is 12.7. The lowest BCUT2D eigenvalue weighted by Gasteiger charge is -2.51. The Morgan fingerprint density at radius 1 is 1.33 bits per heavy atom. The minimum atomic E-state index is -1.24. The van der Waals surface area contributed by atoms with Gasteiger partial charge in [-0.2, -0.15) is 5.26 Å². The normalized spacial score (nSPS) is 27.6. The second kappa shape index (κ2) is 7.02. The summed E-state index contributed by atoms with van der Waals surface area (Å²) in [6, 6.07) is 6.71. The van der Waals surface area contributed by atoms with E-state index in [9.17, 15) is 15.2 Å². The monoisotopic (exact) mass is 374 g/mol. The molecule has 0 saturated carbocycles. The van der Waals surface area contributed by atoms with Crippen molar-refractivity contribution in [3.63, 3.8) is 0 Å². The van der Waals surface area contributed by atoms with E-state index < -0.39 is 17.3 Å². The highest BCUT2D eigenvalue weighted by atomic mass is 16.6. The zero-order valence-corrected chi connectivity index (χ0v) is 16.2. The third kappa shape index (κ3) is 3.73. The molecule has 2 aliphatic heterocycles. The van der Waals surface area contributed by atoms with Crippen molar-refractivity contribution < 1.29 is 24.1 Å². The Kier molecular flexibility index (Phi) is 5.06. The molecule has 1 aromatic rings. The van der Waals surface area contributed by atoms with E-state index in [0.29, 0.717) is 30.1 Å². The molecule has 2 bridgehead atoms. The smallest absolute Gasteiger partial charge is 0.410 e. The Morgan fingerprint density at radius 3 is 2.48 bits per heavy atom. The second-order valence-electron chi connectivity index (χ2n) is 8.17. The van der Waals surface area contributed by atoms with Crippen LogP contribution < -0.4 is 4.74 Å². The number of rotatable bonds is 2. The van der Waals surface area contributed by atoms with Crippen LogP contribution in [0.25, 0.3) is 0 Å². The van der Waals surface area contributed by atoms with Crippen LogP contribution in [-0.2, 0) is 15.1 Å². The van der Waals surface area contributed by atoms with Gasteiger partial charge in [-0.1, -0.05) is 12.1 Å². The summed E-state index contributed by atoms with van der Waals surface area (Å²) in [6.07, 6.45) is 0.142. The van der Waals surface area contributed by atoms with Crippen molar-refractivity contribution in [2.24, 2.45) is 0 Å². The number of hydrogen-bond acceptors (Lipinski definition) is 6. The fourth-order valence-corrected chi connectivity index (χ4v) is 4.01. The molecule has 1 amide bonds. The van der Waals surface area contributed by atoms with Crippen LogP contribution in [0.5, 0.6) is 5.75 Å². The highest BCUT2D eigenvalue weighted by Gasteiger charge is 2.50. The Balaban J connectivity index is 1.93. The predicted octanol–water partition coefficient (Wildman–Crippen LogP) is 2.55. The minimum absolute atomic E-state index is 0.268. The van der Waals surface area contributed by atoms with E-state index >= 15 is 0 Å². The first-order valence-corrected chi connectivity index (χ1v) is 9.07. The first-order valence-electron chi connectivity index (χ1n) is 9.07. The Labute approximate surface area is 159 Å². The molecular weight excluding hydrogens is 348 g/mol. The van der Waals surface area contributed by atoms with Crippen LogP contribution in [0.2, 0.25) is 0 Å². The third-order valence-corrected chi connectivity index (χ3v) is 5.02. The average Bonchev–Trinajstić information content (AvgIpc) is 2.58. The number of nitrogens with zero attached hydrogens (tertiary/aromatic N) is 2. The first-order chi connectivity index (χ1) is 12.7. The van der Waals surface area contributed by atoms with Crippen molar-refractivity contribution >= 4 is 6.09 Å². The van der Waals surface area contributed by atoms with E-state index in [4.69, 9.17) is 14.2 Å². The molecule has 2 aliphatic rings. The molecule has 1 aromatic carbocycles. The van der Waals surface area contributed by atoms with Crippen LogP contribution in [0.3, 0.4) is 0 Å². The zero-order chi connectivity index (χ0) is 19.8. The molecular formula is C20H26N2O5. The van der Waals surface area contributed by atoms with Crippen LogP contribution in [0.4, 0.5) is 4.79 Å². The molecule has 1 N–H and O–H groups in total. The standard InChI is InChI=1S/C20H26N2O5/c1-19(2,3)27-18(23)22-13-8-20(24,9-14(22)12-26-11-13)16-6-5-7-17(25-4)15(16)10-21/h5-7,13-14,24H,8-9,11-12H2,1-4H3. The van der Waals surface area contributed by atoms with Crippen molar-refractivity contribution in [2.75, 3.05) is 20.3 Å². The topological polar surface area (TPSA) is 92.0 Å². The van der Waals surface area contributed by atoms with Crippen LogP contribution in [0, 0.1) is 11.3 Å². The van der Waals surface area contributed by atoms with Crippen molar-refractivity contribution in [3.8, 4) is 11.8 Å². The van der Waals surface area contributed by atoms with Gasteiger partial charge in [0, 0.05) is 18.4 Å². The molecule has 0 aliphatic carbocycles. The molecule has 7 nitrogen and oxygen atoms in total. The molecule has 3 rings (SSSR count). The lowest BCUT2D eigenvalue weighted by atomic mass is 9.75. The number of methoxy groups -OCH3 is 1. The van der Waals surface area contributed by atoms with Gasteiger partial charge in [-0.05, 0) is 26.8 Å². The summed E-state index contributed by atoms with van der Waals surface area (Å²) in [5.41, 5.74) is -0.977.